The van der Waals surface area contributed by atoms with E-state index in [4.69, 9.17) is 0 Å². The Hall–Kier alpha value is -2.25. The van der Waals surface area contributed by atoms with Crippen LogP contribution in [0.25, 0.3) is 0 Å². The average molecular weight is 613 g/mol. The molecule has 2 aromatic carbocycles. The molecule has 0 saturated heterocycles. The van der Waals surface area contributed by atoms with Gasteiger partial charge in [0.1, 0.15) is 11.6 Å². The number of hydrogen-bond donors (Lipinski definition) is 0. The van der Waals surface area contributed by atoms with Crippen LogP contribution in [0.1, 0.15) is 131 Å². The summed E-state index contributed by atoms with van der Waals surface area (Å²) in [5.41, 5.74) is 1.77. The Morgan fingerprint density at radius 1 is 0.698 bits per heavy atom. The van der Waals surface area contributed by atoms with Crippen molar-refractivity contribution in [2.45, 2.75) is 128 Å². The number of halogens is 7. The van der Waals surface area contributed by atoms with Gasteiger partial charge in [-0.05, 0) is 116 Å². The van der Waals surface area contributed by atoms with Crippen LogP contribution in [-0.4, -0.2) is 6.36 Å². The van der Waals surface area contributed by atoms with Crippen LogP contribution >= 0.6 is 0 Å². The minimum Gasteiger partial charge on any atom is -0.399 e. The number of ether oxygens (including phenoxy) is 1. The van der Waals surface area contributed by atoms with Gasteiger partial charge in [-0.15, -0.1) is 13.2 Å². The highest BCUT2D eigenvalue weighted by Gasteiger charge is 2.36. The lowest BCUT2D eigenvalue weighted by Crippen LogP contribution is -2.21. The van der Waals surface area contributed by atoms with Crippen molar-refractivity contribution in [3.63, 3.8) is 0 Å². The third-order valence-electron chi connectivity index (χ3n) is 10.5. The normalized spacial score (nSPS) is 26.3. The zero-order chi connectivity index (χ0) is 30.7. The van der Waals surface area contributed by atoms with E-state index >= 15 is 8.78 Å². The number of rotatable bonds is 9. The van der Waals surface area contributed by atoms with Crippen LogP contribution in [-0.2, 0) is 12.8 Å². The second-order valence-electron chi connectivity index (χ2n) is 13.3. The van der Waals surface area contributed by atoms with E-state index in [1.165, 1.54) is 57.4 Å². The highest BCUT2D eigenvalue weighted by molar-refractivity contribution is 5.39. The fourth-order valence-corrected chi connectivity index (χ4v) is 8.08. The minimum atomic E-state index is -5.21. The van der Waals surface area contributed by atoms with Gasteiger partial charge in [-0.25, -0.2) is 17.6 Å². The molecule has 0 spiro atoms. The summed E-state index contributed by atoms with van der Waals surface area (Å²) >= 11 is 0. The summed E-state index contributed by atoms with van der Waals surface area (Å²) in [6.07, 6.45) is 10.3. The zero-order valence-electron chi connectivity index (χ0n) is 25.0. The quantitative estimate of drug-likeness (QED) is 0.256. The summed E-state index contributed by atoms with van der Waals surface area (Å²) in [7, 11) is 0. The van der Waals surface area contributed by atoms with Crippen LogP contribution in [0.5, 0.6) is 5.75 Å². The summed E-state index contributed by atoms with van der Waals surface area (Å²) in [6.45, 7) is 2.25. The average Bonchev–Trinajstić information content (AvgIpc) is 2.97. The first-order valence-corrected chi connectivity index (χ1v) is 16.3. The van der Waals surface area contributed by atoms with E-state index in [-0.39, 0.29) is 23.0 Å². The van der Waals surface area contributed by atoms with Crippen molar-refractivity contribution in [1.82, 2.24) is 0 Å². The lowest BCUT2D eigenvalue weighted by atomic mass is 9.73. The van der Waals surface area contributed by atoms with Gasteiger partial charge >= 0.3 is 6.36 Å². The molecule has 43 heavy (non-hydrogen) atoms. The van der Waals surface area contributed by atoms with Crippen molar-refractivity contribution < 1.29 is 35.5 Å². The van der Waals surface area contributed by atoms with Crippen molar-refractivity contribution in [1.29, 1.82) is 0 Å². The van der Waals surface area contributed by atoms with Crippen molar-refractivity contribution in [2.24, 2.45) is 17.8 Å². The maximum atomic E-state index is 15.8. The summed E-state index contributed by atoms with van der Waals surface area (Å²) < 4.78 is 101. The number of unbranched alkanes of at least 4 members (excludes halogenated alkanes) is 1. The second-order valence-corrected chi connectivity index (χ2v) is 13.3. The molecule has 3 aliphatic carbocycles. The highest BCUT2D eigenvalue weighted by Crippen LogP contribution is 2.45. The first kappa shape index (κ1) is 32.2. The van der Waals surface area contributed by atoms with Crippen molar-refractivity contribution >= 4 is 0 Å². The molecule has 2 fully saturated rings. The maximum absolute atomic E-state index is 15.8. The lowest BCUT2D eigenvalue weighted by molar-refractivity contribution is -0.276. The van der Waals surface area contributed by atoms with Crippen LogP contribution < -0.4 is 4.74 Å². The summed E-state index contributed by atoms with van der Waals surface area (Å²) in [6, 6.07) is 3.27. The summed E-state index contributed by atoms with van der Waals surface area (Å²) in [4.78, 5) is 0. The standard InChI is InChI=1S/C35H43F7O/c1-2-3-4-21-5-7-22(8-6-21)9-10-23-11-16-28-27(17-23)20-29(36)32(33(28)39)25-14-12-24(13-15-25)26-18-30(37)34(31(38)19-26)43-35(40,41)42/h18-25H,2-17H2,1H3. The van der Waals surface area contributed by atoms with E-state index < -0.39 is 35.4 Å². The molecule has 0 heterocycles. The van der Waals surface area contributed by atoms with Gasteiger partial charge in [-0.2, -0.15) is 0 Å². The summed E-state index contributed by atoms with van der Waals surface area (Å²) in [5.74, 6) is -3.82. The smallest absolute Gasteiger partial charge is 0.399 e. The van der Waals surface area contributed by atoms with Gasteiger partial charge in [-0.3, -0.25) is 0 Å². The molecular weight excluding hydrogens is 569 g/mol. The third-order valence-corrected chi connectivity index (χ3v) is 10.5. The van der Waals surface area contributed by atoms with E-state index in [1.807, 2.05) is 0 Å². The van der Waals surface area contributed by atoms with E-state index in [9.17, 15) is 22.0 Å². The van der Waals surface area contributed by atoms with Crippen LogP contribution in [0.3, 0.4) is 0 Å². The molecule has 238 valence electrons. The number of hydrogen-bond acceptors (Lipinski definition) is 1. The minimum absolute atomic E-state index is 0.113. The van der Waals surface area contributed by atoms with Crippen LogP contribution in [0.2, 0.25) is 0 Å². The lowest BCUT2D eigenvalue weighted by Gasteiger charge is -2.32. The SMILES string of the molecule is CCCCC1CCC(CCC2CCc3c(cc(F)c(C4CCC(c5cc(F)c(OC(F)(F)F)c(F)c5)CC4)c3F)C2)CC1. The Balaban J connectivity index is 1.16. The van der Waals surface area contributed by atoms with Gasteiger partial charge in [0, 0.05) is 5.56 Å². The molecule has 0 aliphatic heterocycles. The van der Waals surface area contributed by atoms with E-state index in [0.717, 1.165) is 42.4 Å². The van der Waals surface area contributed by atoms with E-state index in [1.54, 1.807) is 0 Å². The number of alkyl halides is 3. The molecule has 0 N–H and O–H groups in total. The molecule has 2 saturated carbocycles. The number of benzene rings is 2. The first-order valence-electron chi connectivity index (χ1n) is 16.3. The fourth-order valence-electron chi connectivity index (χ4n) is 8.08. The molecule has 8 heteroatoms. The highest BCUT2D eigenvalue weighted by atomic mass is 19.4. The Morgan fingerprint density at radius 3 is 1.88 bits per heavy atom. The summed E-state index contributed by atoms with van der Waals surface area (Å²) in [5, 5.41) is 0. The van der Waals surface area contributed by atoms with Crippen molar-refractivity contribution in [2.75, 3.05) is 0 Å². The van der Waals surface area contributed by atoms with Crippen molar-refractivity contribution in [3.8, 4) is 5.75 Å². The molecule has 0 amide bonds. The van der Waals surface area contributed by atoms with E-state index in [2.05, 4.69) is 11.7 Å². The molecule has 5 rings (SSSR count). The van der Waals surface area contributed by atoms with E-state index in [0.29, 0.717) is 50.0 Å². The Kier molecular flexibility index (Phi) is 10.3. The van der Waals surface area contributed by atoms with Gasteiger partial charge in [0.2, 0.25) is 5.75 Å². The van der Waals surface area contributed by atoms with Gasteiger partial charge in [0.25, 0.3) is 0 Å². The van der Waals surface area contributed by atoms with Gasteiger partial charge in [0.05, 0.1) is 0 Å². The zero-order valence-corrected chi connectivity index (χ0v) is 25.0. The molecule has 1 unspecified atom stereocenters. The Morgan fingerprint density at radius 2 is 1.28 bits per heavy atom. The predicted octanol–water partition coefficient (Wildman–Crippen LogP) is 11.5. The maximum Gasteiger partial charge on any atom is 0.573 e. The molecule has 1 atom stereocenters. The van der Waals surface area contributed by atoms with Crippen molar-refractivity contribution in [3.05, 3.63) is 63.7 Å². The van der Waals surface area contributed by atoms with Crippen LogP contribution in [0.15, 0.2) is 18.2 Å². The Labute approximate surface area is 250 Å². The van der Waals surface area contributed by atoms with Gasteiger partial charge in [-0.1, -0.05) is 58.3 Å². The van der Waals surface area contributed by atoms with Gasteiger partial charge < -0.3 is 4.74 Å². The topological polar surface area (TPSA) is 9.23 Å². The number of fused-ring (bicyclic) bond motifs is 1. The first-order chi connectivity index (χ1) is 20.5. The second kappa shape index (κ2) is 13.8. The largest absolute Gasteiger partial charge is 0.573 e. The predicted molar refractivity (Wildman–Crippen MR) is 153 cm³/mol. The molecule has 0 bridgehead atoms. The molecular formula is C35H43F7O. The molecule has 2 aromatic rings. The Bertz CT molecular complexity index is 1220. The molecule has 0 aromatic heterocycles. The monoisotopic (exact) mass is 612 g/mol. The molecule has 0 radical (unpaired) electrons. The van der Waals surface area contributed by atoms with Crippen LogP contribution in [0, 0.1) is 41.0 Å². The molecule has 1 nitrogen and oxygen atoms in total. The fraction of sp³-hybridized carbons (Fsp3) is 0.657. The third kappa shape index (κ3) is 7.89. The van der Waals surface area contributed by atoms with Gasteiger partial charge in [0.15, 0.2) is 11.6 Å². The molecule has 3 aliphatic rings. The van der Waals surface area contributed by atoms with Crippen LogP contribution in [0.4, 0.5) is 30.7 Å².